The van der Waals surface area contributed by atoms with Crippen molar-refractivity contribution in [3.63, 3.8) is 0 Å². The molecule has 0 saturated carbocycles. The molecule has 2 aromatic rings. The van der Waals surface area contributed by atoms with Crippen molar-refractivity contribution in [3.05, 3.63) is 63.5 Å². The number of rotatable bonds is 7. The lowest BCUT2D eigenvalue weighted by Gasteiger charge is -2.18. The molecule has 2 saturated heterocycles. The Kier molecular flexibility index (Phi) is 7.17. The van der Waals surface area contributed by atoms with Crippen molar-refractivity contribution < 1.29 is 19.0 Å². The average molecular weight is 476 g/mol. The third-order valence-electron chi connectivity index (χ3n) is 5.11. The van der Waals surface area contributed by atoms with Gasteiger partial charge < -0.3 is 14.2 Å². The van der Waals surface area contributed by atoms with Gasteiger partial charge in [-0.3, -0.25) is 9.69 Å². The van der Waals surface area contributed by atoms with Crippen LogP contribution < -0.4 is 9.47 Å². The molecule has 0 radical (unpaired) electrons. The van der Waals surface area contributed by atoms with Crippen molar-refractivity contribution in [2.45, 2.75) is 25.6 Å². The molecule has 2 aliphatic heterocycles. The summed E-state index contributed by atoms with van der Waals surface area (Å²) in [5, 5.41) is 0.656. The maximum atomic E-state index is 12.8. The van der Waals surface area contributed by atoms with E-state index in [-0.39, 0.29) is 12.0 Å². The van der Waals surface area contributed by atoms with Gasteiger partial charge in [0, 0.05) is 17.2 Å². The summed E-state index contributed by atoms with van der Waals surface area (Å²) in [6, 6.07) is 13.1. The summed E-state index contributed by atoms with van der Waals surface area (Å²) >= 11 is 12.9. The van der Waals surface area contributed by atoms with Gasteiger partial charge in [-0.15, -0.1) is 0 Å². The quantitative estimate of drug-likeness (QED) is 0.399. The largest absolute Gasteiger partial charge is 0.493 e. The number of carbonyl (C=O) groups is 1. The normalized spacial score (nSPS) is 20.0. The van der Waals surface area contributed by atoms with E-state index >= 15 is 0 Å². The van der Waals surface area contributed by atoms with Crippen molar-refractivity contribution in [1.29, 1.82) is 0 Å². The Labute approximate surface area is 196 Å². The molecular formula is C23H22ClNO4S2. The van der Waals surface area contributed by atoms with Crippen LogP contribution in [0.5, 0.6) is 11.5 Å². The second kappa shape index (κ2) is 10.0. The monoisotopic (exact) mass is 475 g/mol. The molecular weight excluding hydrogens is 454 g/mol. The number of ether oxygens (including phenoxy) is 3. The highest BCUT2D eigenvalue weighted by molar-refractivity contribution is 8.26. The molecule has 8 heteroatoms. The summed E-state index contributed by atoms with van der Waals surface area (Å²) in [4.78, 5) is 15.1. The standard InChI is InChI=1S/C23H22ClNO4S2/c1-27-20-11-15(8-9-19(20)29-14-16-5-2-3-7-18(16)24)12-21-22(26)25(23(30)31-21)13-17-6-4-10-28-17/h2-3,5,7-9,11-12,17H,4,6,10,13-14H2,1H3/b21-12-. The van der Waals surface area contributed by atoms with E-state index in [0.29, 0.717) is 38.9 Å². The molecule has 31 heavy (non-hydrogen) atoms. The smallest absolute Gasteiger partial charge is 0.266 e. The summed E-state index contributed by atoms with van der Waals surface area (Å²) < 4.78 is 17.6. The first kappa shape index (κ1) is 22.1. The van der Waals surface area contributed by atoms with Crippen LogP contribution in [0.3, 0.4) is 0 Å². The van der Waals surface area contributed by atoms with Gasteiger partial charge in [-0.1, -0.05) is 59.8 Å². The molecule has 2 aliphatic rings. The number of hydrogen-bond acceptors (Lipinski definition) is 6. The topological polar surface area (TPSA) is 48.0 Å². The molecule has 2 fully saturated rings. The number of hydrogen-bond donors (Lipinski definition) is 0. The summed E-state index contributed by atoms with van der Waals surface area (Å²) in [5.74, 6) is 1.10. The van der Waals surface area contributed by atoms with Crippen LogP contribution in [0.4, 0.5) is 0 Å². The number of amides is 1. The molecule has 2 heterocycles. The van der Waals surface area contributed by atoms with Gasteiger partial charge in [-0.2, -0.15) is 0 Å². The number of halogens is 1. The summed E-state index contributed by atoms with van der Waals surface area (Å²) in [7, 11) is 1.59. The third-order valence-corrected chi connectivity index (χ3v) is 6.86. The second-order valence-electron chi connectivity index (χ2n) is 7.22. The van der Waals surface area contributed by atoms with Gasteiger partial charge in [0.1, 0.15) is 10.9 Å². The SMILES string of the molecule is COc1cc(/C=C2\SC(=S)N(CC3CCCO3)C2=O)ccc1OCc1ccccc1Cl. The Hall–Kier alpha value is -2.06. The first-order valence-corrected chi connectivity index (χ1v) is 11.6. The van der Waals surface area contributed by atoms with Gasteiger partial charge >= 0.3 is 0 Å². The first-order chi connectivity index (χ1) is 15.0. The molecule has 0 N–H and O–H groups in total. The maximum absolute atomic E-state index is 12.8. The zero-order valence-corrected chi connectivity index (χ0v) is 19.4. The Bertz CT molecular complexity index is 1020. The predicted molar refractivity (Wildman–Crippen MR) is 128 cm³/mol. The number of benzene rings is 2. The van der Waals surface area contributed by atoms with E-state index in [0.717, 1.165) is 30.6 Å². The van der Waals surface area contributed by atoms with Crippen LogP contribution in [0, 0.1) is 0 Å². The predicted octanol–water partition coefficient (Wildman–Crippen LogP) is 5.31. The minimum Gasteiger partial charge on any atom is -0.493 e. The van der Waals surface area contributed by atoms with Gasteiger partial charge in [0.2, 0.25) is 0 Å². The van der Waals surface area contributed by atoms with Crippen molar-refractivity contribution in [2.75, 3.05) is 20.3 Å². The number of thioether (sulfide) groups is 1. The Morgan fingerprint density at radius 2 is 2.13 bits per heavy atom. The maximum Gasteiger partial charge on any atom is 0.266 e. The molecule has 0 spiro atoms. The third kappa shape index (κ3) is 5.23. The molecule has 1 amide bonds. The molecule has 1 unspecified atom stereocenters. The zero-order valence-electron chi connectivity index (χ0n) is 17.0. The number of nitrogens with zero attached hydrogens (tertiary/aromatic N) is 1. The summed E-state index contributed by atoms with van der Waals surface area (Å²) in [5.41, 5.74) is 1.73. The number of thiocarbonyl (C=S) groups is 1. The fraction of sp³-hybridized carbons (Fsp3) is 0.304. The Morgan fingerprint density at radius 1 is 1.29 bits per heavy atom. The van der Waals surface area contributed by atoms with Crippen molar-refractivity contribution in [1.82, 2.24) is 4.90 Å². The minimum atomic E-state index is -0.0801. The molecule has 0 bridgehead atoms. The fourth-order valence-electron chi connectivity index (χ4n) is 3.46. The highest BCUT2D eigenvalue weighted by Crippen LogP contribution is 2.35. The lowest BCUT2D eigenvalue weighted by Crippen LogP contribution is -2.35. The second-order valence-corrected chi connectivity index (χ2v) is 9.30. The number of methoxy groups -OCH3 is 1. The van der Waals surface area contributed by atoms with E-state index < -0.39 is 0 Å². The van der Waals surface area contributed by atoms with Crippen LogP contribution in [-0.4, -0.2) is 41.5 Å². The summed E-state index contributed by atoms with van der Waals surface area (Å²) in [6.07, 6.45) is 3.88. The molecule has 4 rings (SSSR count). The number of carbonyl (C=O) groups excluding carboxylic acids is 1. The molecule has 0 aromatic heterocycles. The van der Waals surface area contributed by atoms with E-state index in [2.05, 4.69) is 0 Å². The molecule has 1 atom stereocenters. The lowest BCUT2D eigenvalue weighted by atomic mass is 10.1. The van der Waals surface area contributed by atoms with Crippen molar-refractivity contribution >= 4 is 51.9 Å². The lowest BCUT2D eigenvalue weighted by molar-refractivity contribution is -0.123. The van der Waals surface area contributed by atoms with Gasteiger partial charge in [0.15, 0.2) is 11.5 Å². The molecule has 0 aliphatic carbocycles. The highest BCUT2D eigenvalue weighted by Gasteiger charge is 2.34. The Balaban J connectivity index is 1.47. The van der Waals surface area contributed by atoms with E-state index in [1.807, 2.05) is 48.5 Å². The van der Waals surface area contributed by atoms with E-state index in [9.17, 15) is 4.79 Å². The van der Waals surface area contributed by atoms with Crippen LogP contribution in [0.25, 0.3) is 6.08 Å². The zero-order chi connectivity index (χ0) is 21.8. The van der Waals surface area contributed by atoms with Crippen LogP contribution in [0.15, 0.2) is 47.4 Å². The van der Waals surface area contributed by atoms with Crippen molar-refractivity contribution in [2.24, 2.45) is 0 Å². The molecule has 162 valence electrons. The highest BCUT2D eigenvalue weighted by atomic mass is 35.5. The van der Waals surface area contributed by atoms with E-state index in [1.165, 1.54) is 11.8 Å². The minimum absolute atomic E-state index is 0.0662. The fourth-order valence-corrected chi connectivity index (χ4v) is 4.93. The van der Waals surface area contributed by atoms with Crippen LogP contribution in [0.1, 0.15) is 24.0 Å². The van der Waals surface area contributed by atoms with E-state index in [4.69, 9.17) is 38.0 Å². The van der Waals surface area contributed by atoms with Crippen LogP contribution in [0.2, 0.25) is 5.02 Å². The molecule has 2 aromatic carbocycles. The van der Waals surface area contributed by atoms with E-state index in [1.54, 1.807) is 12.0 Å². The average Bonchev–Trinajstić information content (AvgIpc) is 3.38. The van der Waals surface area contributed by atoms with Gasteiger partial charge in [0.25, 0.3) is 5.91 Å². The molecule has 5 nitrogen and oxygen atoms in total. The van der Waals surface area contributed by atoms with Crippen molar-refractivity contribution in [3.8, 4) is 11.5 Å². The van der Waals surface area contributed by atoms with Gasteiger partial charge in [-0.05, 0) is 42.7 Å². The van der Waals surface area contributed by atoms with Gasteiger partial charge in [-0.25, -0.2) is 0 Å². The first-order valence-electron chi connectivity index (χ1n) is 9.96. The summed E-state index contributed by atoms with van der Waals surface area (Å²) in [6.45, 7) is 1.59. The van der Waals surface area contributed by atoms with Crippen LogP contribution in [-0.2, 0) is 16.1 Å². The van der Waals surface area contributed by atoms with Gasteiger partial charge in [0.05, 0.1) is 24.7 Å². The van der Waals surface area contributed by atoms with Crippen LogP contribution >= 0.6 is 35.6 Å². The Morgan fingerprint density at radius 3 is 2.87 bits per heavy atom.